The van der Waals surface area contributed by atoms with E-state index < -0.39 is 0 Å². The number of piperidine rings is 1. The summed E-state index contributed by atoms with van der Waals surface area (Å²) in [6.45, 7) is 8.40. The molecule has 4 rings (SSSR count). The summed E-state index contributed by atoms with van der Waals surface area (Å²) in [4.78, 5) is 27.1. The summed E-state index contributed by atoms with van der Waals surface area (Å²) in [6.07, 6.45) is 2.07. The molecule has 3 aromatic rings. The molecule has 146 valence electrons. The third kappa shape index (κ3) is 3.46. The second-order valence-corrected chi connectivity index (χ2v) is 8.68. The Morgan fingerprint density at radius 1 is 1.14 bits per heavy atom. The van der Waals surface area contributed by atoms with Gasteiger partial charge in [0, 0.05) is 18.7 Å². The van der Waals surface area contributed by atoms with Crippen LogP contribution in [0, 0.1) is 11.3 Å². The zero-order valence-electron chi connectivity index (χ0n) is 16.7. The van der Waals surface area contributed by atoms with Crippen LogP contribution in [0.2, 0.25) is 0 Å². The number of aromatic nitrogens is 3. The van der Waals surface area contributed by atoms with E-state index in [1.54, 1.807) is 6.07 Å². The van der Waals surface area contributed by atoms with Crippen LogP contribution in [0.4, 0.5) is 5.82 Å². The highest BCUT2D eigenvalue weighted by Gasteiger charge is 2.31. The number of carbonyl (C=O) groups is 1. The van der Waals surface area contributed by atoms with E-state index in [0.717, 1.165) is 31.5 Å². The Hall–Kier alpha value is -2.89. The first kappa shape index (κ1) is 18.5. The fraction of sp³-hybridized carbons (Fsp3) is 0.409. The number of fused-ring (bicyclic) bond motifs is 1. The van der Waals surface area contributed by atoms with Crippen LogP contribution >= 0.6 is 0 Å². The van der Waals surface area contributed by atoms with E-state index in [0.29, 0.717) is 34.3 Å². The van der Waals surface area contributed by atoms with Crippen LogP contribution in [0.15, 0.2) is 36.4 Å². The lowest BCUT2D eigenvalue weighted by Gasteiger charge is -2.38. The standard InChI is InChI=1S/C22H27N5O/c1-22(2,3)15-9-11-27(12-10-15)21(28)17-13-16-18(23)25-19(26-20(16)24-17)14-7-5-4-6-8-14/h4-8,13,15H,9-12H2,1-3H3,(H3,23,24,25,26). The number of nitrogens with zero attached hydrogens (tertiary/aromatic N) is 3. The number of carbonyl (C=O) groups excluding carboxylic acids is 1. The summed E-state index contributed by atoms with van der Waals surface area (Å²) in [5.74, 6) is 1.59. The summed E-state index contributed by atoms with van der Waals surface area (Å²) in [5.41, 5.74) is 8.45. The smallest absolute Gasteiger partial charge is 0.270 e. The molecule has 6 heteroatoms. The number of likely N-dealkylation sites (tertiary alicyclic amines) is 1. The van der Waals surface area contributed by atoms with Crippen molar-refractivity contribution in [2.24, 2.45) is 11.3 Å². The fourth-order valence-corrected chi connectivity index (χ4v) is 3.98. The van der Waals surface area contributed by atoms with Crippen molar-refractivity contribution in [2.75, 3.05) is 18.8 Å². The summed E-state index contributed by atoms with van der Waals surface area (Å²) in [7, 11) is 0. The minimum absolute atomic E-state index is 0.00557. The Balaban J connectivity index is 1.58. The zero-order chi connectivity index (χ0) is 19.9. The summed E-state index contributed by atoms with van der Waals surface area (Å²) in [5, 5.41) is 0.688. The second-order valence-electron chi connectivity index (χ2n) is 8.68. The maximum Gasteiger partial charge on any atom is 0.270 e. The molecule has 28 heavy (non-hydrogen) atoms. The molecule has 0 saturated carbocycles. The molecule has 1 aromatic carbocycles. The van der Waals surface area contributed by atoms with Gasteiger partial charge in [-0.25, -0.2) is 9.97 Å². The summed E-state index contributed by atoms with van der Waals surface area (Å²) >= 11 is 0. The molecule has 1 aliphatic rings. The van der Waals surface area contributed by atoms with Gasteiger partial charge in [-0.05, 0) is 30.2 Å². The van der Waals surface area contributed by atoms with Crippen LogP contribution in [0.3, 0.4) is 0 Å². The zero-order valence-corrected chi connectivity index (χ0v) is 16.7. The number of benzene rings is 1. The molecule has 2 aromatic heterocycles. The molecule has 6 nitrogen and oxygen atoms in total. The predicted octanol–water partition coefficient (Wildman–Crippen LogP) is 4.11. The van der Waals surface area contributed by atoms with Crippen molar-refractivity contribution in [3.8, 4) is 11.4 Å². The number of nitrogen functional groups attached to an aromatic ring is 1. The van der Waals surface area contributed by atoms with E-state index in [2.05, 4.69) is 35.7 Å². The molecule has 1 fully saturated rings. The Kier molecular flexibility index (Phi) is 4.57. The van der Waals surface area contributed by atoms with Crippen molar-refractivity contribution in [1.82, 2.24) is 19.9 Å². The number of aromatic amines is 1. The van der Waals surface area contributed by atoms with Gasteiger partial charge in [-0.1, -0.05) is 51.1 Å². The quantitative estimate of drug-likeness (QED) is 0.703. The average Bonchev–Trinajstić information content (AvgIpc) is 3.12. The van der Waals surface area contributed by atoms with E-state index in [-0.39, 0.29) is 11.3 Å². The largest absolute Gasteiger partial charge is 0.383 e. The fourth-order valence-electron chi connectivity index (χ4n) is 3.98. The molecule has 3 heterocycles. The third-order valence-corrected chi connectivity index (χ3v) is 5.79. The van der Waals surface area contributed by atoms with Crippen molar-refractivity contribution in [1.29, 1.82) is 0 Å². The van der Waals surface area contributed by atoms with E-state index in [1.165, 1.54) is 0 Å². The topological polar surface area (TPSA) is 87.9 Å². The minimum atomic E-state index is 0.00557. The molecule has 0 radical (unpaired) electrons. The van der Waals surface area contributed by atoms with Crippen molar-refractivity contribution in [2.45, 2.75) is 33.6 Å². The Morgan fingerprint density at radius 2 is 1.82 bits per heavy atom. The number of amides is 1. The normalized spacial score (nSPS) is 15.9. The molecule has 0 bridgehead atoms. The van der Waals surface area contributed by atoms with Gasteiger partial charge in [-0.15, -0.1) is 0 Å². The molecule has 1 aliphatic heterocycles. The van der Waals surface area contributed by atoms with Gasteiger partial charge in [-0.2, -0.15) is 0 Å². The van der Waals surface area contributed by atoms with E-state index in [1.807, 2.05) is 35.2 Å². The van der Waals surface area contributed by atoms with Gasteiger partial charge < -0.3 is 15.6 Å². The van der Waals surface area contributed by atoms with Crippen molar-refractivity contribution < 1.29 is 4.79 Å². The molecular formula is C22H27N5O. The Morgan fingerprint density at radius 3 is 2.46 bits per heavy atom. The number of hydrogen-bond donors (Lipinski definition) is 2. The van der Waals surface area contributed by atoms with Gasteiger partial charge in [0.25, 0.3) is 5.91 Å². The molecule has 0 spiro atoms. The highest BCUT2D eigenvalue weighted by atomic mass is 16.2. The molecule has 1 amide bonds. The van der Waals surface area contributed by atoms with Crippen molar-refractivity contribution in [3.05, 3.63) is 42.1 Å². The molecule has 0 aliphatic carbocycles. The molecule has 3 N–H and O–H groups in total. The van der Waals surface area contributed by atoms with E-state index in [9.17, 15) is 4.79 Å². The molecule has 0 unspecified atom stereocenters. The monoisotopic (exact) mass is 377 g/mol. The second kappa shape index (κ2) is 6.93. The first-order valence-corrected chi connectivity index (χ1v) is 9.84. The lowest BCUT2D eigenvalue weighted by molar-refractivity contribution is 0.0604. The van der Waals surface area contributed by atoms with Gasteiger partial charge in [-0.3, -0.25) is 4.79 Å². The molecular weight excluding hydrogens is 350 g/mol. The van der Waals surface area contributed by atoms with Gasteiger partial charge in [0.2, 0.25) is 0 Å². The van der Waals surface area contributed by atoms with E-state index in [4.69, 9.17) is 5.73 Å². The first-order valence-electron chi connectivity index (χ1n) is 9.84. The Labute approximate surface area is 165 Å². The summed E-state index contributed by atoms with van der Waals surface area (Å²) < 4.78 is 0. The van der Waals surface area contributed by atoms with Gasteiger partial charge in [0.15, 0.2) is 5.82 Å². The third-order valence-electron chi connectivity index (χ3n) is 5.79. The number of hydrogen-bond acceptors (Lipinski definition) is 4. The predicted molar refractivity (Wildman–Crippen MR) is 112 cm³/mol. The van der Waals surface area contributed by atoms with Crippen LogP contribution in [0.5, 0.6) is 0 Å². The van der Waals surface area contributed by atoms with Gasteiger partial charge in [0.05, 0.1) is 5.39 Å². The number of anilines is 1. The van der Waals surface area contributed by atoms with Crippen LogP contribution in [0.25, 0.3) is 22.4 Å². The molecule has 0 atom stereocenters. The van der Waals surface area contributed by atoms with Gasteiger partial charge in [0.1, 0.15) is 17.2 Å². The number of nitrogens with one attached hydrogen (secondary N) is 1. The lowest BCUT2D eigenvalue weighted by Crippen LogP contribution is -2.41. The molecule has 1 saturated heterocycles. The van der Waals surface area contributed by atoms with Gasteiger partial charge >= 0.3 is 0 Å². The Bertz CT molecular complexity index is 995. The maximum atomic E-state index is 13.0. The highest BCUT2D eigenvalue weighted by molar-refractivity contribution is 6.00. The van der Waals surface area contributed by atoms with Crippen LogP contribution in [0.1, 0.15) is 44.1 Å². The summed E-state index contributed by atoms with van der Waals surface area (Å²) in [6, 6.07) is 11.5. The number of H-pyrrole nitrogens is 1. The average molecular weight is 377 g/mol. The van der Waals surface area contributed by atoms with Crippen molar-refractivity contribution >= 4 is 22.8 Å². The van der Waals surface area contributed by atoms with Crippen LogP contribution < -0.4 is 5.73 Å². The van der Waals surface area contributed by atoms with Crippen LogP contribution in [-0.2, 0) is 0 Å². The highest BCUT2D eigenvalue weighted by Crippen LogP contribution is 2.34. The van der Waals surface area contributed by atoms with Crippen LogP contribution in [-0.4, -0.2) is 38.8 Å². The van der Waals surface area contributed by atoms with Crippen molar-refractivity contribution in [3.63, 3.8) is 0 Å². The first-order chi connectivity index (χ1) is 13.3. The lowest BCUT2D eigenvalue weighted by atomic mass is 9.75. The SMILES string of the molecule is CC(C)(C)C1CCN(C(=O)c2cc3c(N)nc(-c4ccccc4)nc3[nH]2)CC1. The number of rotatable bonds is 2. The minimum Gasteiger partial charge on any atom is -0.383 e. The maximum absolute atomic E-state index is 13.0. The van der Waals surface area contributed by atoms with E-state index >= 15 is 0 Å². The number of nitrogens with two attached hydrogens (primary N) is 1.